The van der Waals surface area contributed by atoms with Crippen LogP contribution in [-0.2, 0) is 12.8 Å². The Morgan fingerprint density at radius 3 is 3.00 bits per heavy atom. The van der Waals surface area contributed by atoms with Crippen LogP contribution in [0.15, 0.2) is 21.7 Å². The number of carbonyl (C=O) groups excluding carboxylic acids is 1. The third-order valence-corrected chi connectivity index (χ3v) is 3.50. The number of hydrogen-bond acceptors (Lipinski definition) is 4. The van der Waals surface area contributed by atoms with Gasteiger partial charge in [-0.1, -0.05) is 0 Å². The van der Waals surface area contributed by atoms with Gasteiger partial charge in [0.25, 0.3) is 0 Å². The van der Waals surface area contributed by atoms with Crippen LogP contribution in [0.1, 0.15) is 29.7 Å². The van der Waals surface area contributed by atoms with Gasteiger partial charge >= 0.3 is 6.03 Å². The molecule has 2 amide bonds. The molecule has 1 heterocycles. The van der Waals surface area contributed by atoms with Crippen molar-refractivity contribution in [1.29, 1.82) is 0 Å². The van der Waals surface area contributed by atoms with E-state index in [1.165, 1.54) is 6.21 Å². The fourth-order valence-electron chi connectivity index (χ4n) is 2.66. The number of primary amides is 1. The second-order valence-electron chi connectivity index (χ2n) is 4.82. The first-order valence-electron chi connectivity index (χ1n) is 6.51. The molecule has 1 aromatic carbocycles. The van der Waals surface area contributed by atoms with E-state index in [2.05, 4.69) is 10.5 Å². The minimum absolute atomic E-state index is 0.0988. The maximum Gasteiger partial charge on any atom is 0.332 e. The van der Waals surface area contributed by atoms with Gasteiger partial charge in [-0.2, -0.15) is 5.10 Å². The highest BCUT2D eigenvalue weighted by atomic mass is 16.3. The molecule has 0 unspecified atom stereocenters. The maximum atomic E-state index is 10.6. The van der Waals surface area contributed by atoms with E-state index in [-0.39, 0.29) is 5.75 Å². The molecule has 104 valence electrons. The number of rotatable bonds is 2. The van der Waals surface area contributed by atoms with Gasteiger partial charge in [0.2, 0.25) is 0 Å². The predicted octanol–water partition coefficient (Wildman–Crippen LogP) is 2.02. The first kappa shape index (κ1) is 12.5. The van der Waals surface area contributed by atoms with E-state index in [1.54, 1.807) is 12.1 Å². The van der Waals surface area contributed by atoms with Crippen LogP contribution in [-0.4, -0.2) is 17.4 Å². The summed E-state index contributed by atoms with van der Waals surface area (Å²) in [6.07, 6.45) is 5.46. The molecule has 0 spiro atoms. The van der Waals surface area contributed by atoms with Crippen molar-refractivity contribution < 1.29 is 14.3 Å². The normalized spacial score (nSPS) is 14.6. The molecule has 4 N–H and O–H groups in total. The SMILES string of the molecule is NC(=O)N/N=C\c1c(O)ccc2oc3c(c12)CCCC3. The number of nitrogens with one attached hydrogen (secondary N) is 1. The molecular formula is C14H15N3O3. The van der Waals surface area contributed by atoms with Crippen molar-refractivity contribution in [1.82, 2.24) is 5.43 Å². The number of furan rings is 1. The molecule has 0 radical (unpaired) electrons. The Morgan fingerprint density at radius 2 is 2.20 bits per heavy atom. The lowest BCUT2D eigenvalue weighted by Gasteiger charge is -2.09. The van der Waals surface area contributed by atoms with Crippen LogP contribution in [0.2, 0.25) is 0 Å². The van der Waals surface area contributed by atoms with E-state index < -0.39 is 6.03 Å². The zero-order valence-corrected chi connectivity index (χ0v) is 10.8. The molecule has 1 aliphatic carbocycles. The summed E-state index contributed by atoms with van der Waals surface area (Å²) >= 11 is 0. The largest absolute Gasteiger partial charge is 0.507 e. The second-order valence-corrected chi connectivity index (χ2v) is 4.82. The molecular weight excluding hydrogens is 258 g/mol. The van der Waals surface area contributed by atoms with Crippen LogP contribution < -0.4 is 11.2 Å². The van der Waals surface area contributed by atoms with Crippen LogP contribution in [0.4, 0.5) is 4.79 Å². The molecule has 2 aromatic rings. The Kier molecular flexibility index (Phi) is 3.06. The predicted molar refractivity (Wildman–Crippen MR) is 74.8 cm³/mol. The number of nitrogens with zero attached hydrogens (tertiary/aromatic N) is 1. The molecule has 0 fully saturated rings. The summed E-state index contributed by atoms with van der Waals surface area (Å²) in [6, 6.07) is 2.56. The van der Waals surface area contributed by atoms with E-state index in [4.69, 9.17) is 10.2 Å². The monoisotopic (exact) mass is 273 g/mol. The highest BCUT2D eigenvalue weighted by Gasteiger charge is 2.21. The molecule has 0 atom stereocenters. The Hall–Kier alpha value is -2.50. The zero-order chi connectivity index (χ0) is 14.1. The summed E-state index contributed by atoms with van der Waals surface area (Å²) in [5.41, 5.74) is 9.48. The Labute approximate surface area is 115 Å². The van der Waals surface area contributed by atoms with Crippen molar-refractivity contribution in [3.05, 3.63) is 29.0 Å². The van der Waals surface area contributed by atoms with Gasteiger partial charge in [0.15, 0.2) is 0 Å². The van der Waals surface area contributed by atoms with Crippen LogP contribution in [0.3, 0.4) is 0 Å². The van der Waals surface area contributed by atoms with E-state index in [0.29, 0.717) is 5.56 Å². The van der Waals surface area contributed by atoms with Crippen LogP contribution in [0.5, 0.6) is 5.75 Å². The summed E-state index contributed by atoms with van der Waals surface area (Å²) < 4.78 is 5.83. The van der Waals surface area contributed by atoms with Crippen molar-refractivity contribution >= 4 is 23.2 Å². The Balaban J connectivity index is 2.13. The van der Waals surface area contributed by atoms with Gasteiger partial charge in [0.05, 0.1) is 6.21 Å². The number of amides is 2. The summed E-state index contributed by atoms with van der Waals surface area (Å²) in [6.45, 7) is 0. The van der Waals surface area contributed by atoms with Gasteiger partial charge in [0.1, 0.15) is 17.1 Å². The molecule has 3 rings (SSSR count). The number of fused-ring (bicyclic) bond motifs is 3. The lowest BCUT2D eigenvalue weighted by atomic mass is 9.94. The molecule has 6 nitrogen and oxygen atoms in total. The van der Waals surface area contributed by atoms with Crippen molar-refractivity contribution in [2.45, 2.75) is 25.7 Å². The fourth-order valence-corrected chi connectivity index (χ4v) is 2.66. The molecule has 0 saturated heterocycles. The van der Waals surface area contributed by atoms with E-state index in [0.717, 1.165) is 48.0 Å². The summed E-state index contributed by atoms with van der Waals surface area (Å²) in [4.78, 5) is 10.6. The Morgan fingerprint density at radius 1 is 1.40 bits per heavy atom. The number of benzene rings is 1. The second kappa shape index (κ2) is 4.88. The van der Waals surface area contributed by atoms with Gasteiger partial charge in [-0.25, -0.2) is 10.2 Å². The lowest BCUT2D eigenvalue weighted by Crippen LogP contribution is -2.24. The van der Waals surface area contributed by atoms with E-state index >= 15 is 0 Å². The number of aryl methyl sites for hydroxylation is 2. The third-order valence-electron chi connectivity index (χ3n) is 3.50. The van der Waals surface area contributed by atoms with Gasteiger partial charge in [-0.3, -0.25) is 0 Å². The summed E-state index contributed by atoms with van der Waals surface area (Å²) in [5.74, 6) is 1.08. The van der Waals surface area contributed by atoms with Gasteiger partial charge in [0, 0.05) is 22.9 Å². The highest BCUT2D eigenvalue weighted by molar-refractivity contribution is 6.03. The molecule has 0 aliphatic heterocycles. The first-order chi connectivity index (χ1) is 9.66. The first-order valence-corrected chi connectivity index (χ1v) is 6.51. The zero-order valence-electron chi connectivity index (χ0n) is 10.8. The number of carbonyl (C=O) groups is 1. The number of hydrazone groups is 1. The van der Waals surface area contributed by atoms with E-state index in [9.17, 15) is 9.90 Å². The number of phenolic OH excluding ortho intramolecular Hbond substituents is 1. The number of aromatic hydroxyl groups is 1. The van der Waals surface area contributed by atoms with Crippen molar-refractivity contribution in [2.75, 3.05) is 0 Å². The molecule has 1 aliphatic rings. The summed E-state index contributed by atoms with van der Waals surface area (Å²) in [5, 5.41) is 14.6. The average molecular weight is 273 g/mol. The molecule has 0 saturated carbocycles. The average Bonchev–Trinajstić information content (AvgIpc) is 2.79. The van der Waals surface area contributed by atoms with Crippen LogP contribution in [0, 0.1) is 0 Å². The molecule has 20 heavy (non-hydrogen) atoms. The minimum Gasteiger partial charge on any atom is -0.507 e. The minimum atomic E-state index is -0.748. The van der Waals surface area contributed by atoms with Gasteiger partial charge < -0.3 is 15.3 Å². The maximum absolute atomic E-state index is 10.6. The van der Waals surface area contributed by atoms with Crippen molar-refractivity contribution in [3.63, 3.8) is 0 Å². The quantitative estimate of drug-likeness (QED) is 0.576. The van der Waals surface area contributed by atoms with Crippen molar-refractivity contribution in [2.24, 2.45) is 10.8 Å². The number of urea groups is 1. The Bertz CT molecular complexity index is 703. The third kappa shape index (κ3) is 2.09. The van der Waals surface area contributed by atoms with Crippen LogP contribution in [0.25, 0.3) is 11.0 Å². The van der Waals surface area contributed by atoms with Gasteiger partial charge in [-0.15, -0.1) is 0 Å². The smallest absolute Gasteiger partial charge is 0.332 e. The highest BCUT2D eigenvalue weighted by Crippen LogP contribution is 2.36. The lowest BCUT2D eigenvalue weighted by molar-refractivity contribution is 0.249. The topological polar surface area (TPSA) is 101 Å². The molecule has 0 bridgehead atoms. The van der Waals surface area contributed by atoms with Crippen molar-refractivity contribution in [3.8, 4) is 5.75 Å². The number of hydrogen-bond donors (Lipinski definition) is 3. The summed E-state index contributed by atoms with van der Waals surface area (Å²) in [7, 11) is 0. The van der Waals surface area contributed by atoms with E-state index in [1.807, 2.05) is 0 Å². The van der Waals surface area contributed by atoms with Gasteiger partial charge in [-0.05, 0) is 31.4 Å². The molecule has 6 heteroatoms. The number of nitrogens with two attached hydrogens (primary N) is 1. The number of phenols is 1. The van der Waals surface area contributed by atoms with Crippen LogP contribution >= 0.6 is 0 Å². The fraction of sp³-hybridized carbons (Fsp3) is 0.286. The molecule has 1 aromatic heterocycles. The standard InChI is InChI=1S/C14H15N3O3/c15-14(19)17-16-7-9-10(18)5-6-12-13(9)8-3-1-2-4-11(8)20-12/h5-7,18H,1-4H2,(H3,15,17,19)/b16-7-.